The first-order valence-electron chi connectivity index (χ1n) is 8.43. The summed E-state index contributed by atoms with van der Waals surface area (Å²) >= 11 is 1.35. The second kappa shape index (κ2) is 7.90. The predicted octanol–water partition coefficient (Wildman–Crippen LogP) is 1.97. The molecule has 2 aliphatic heterocycles. The number of primary amides is 1. The third-order valence-electron chi connectivity index (χ3n) is 4.59. The molecule has 3 N–H and O–H groups in total. The summed E-state index contributed by atoms with van der Waals surface area (Å²) in [6, 6.07) is 7.96. The molecule has 0 spiro atoms. The zero-order chi connectivity index (χ0) is 16.9. The number of urea groups is 1. The maximum absolute atomic E-state index is 12.7. The molecule has 0 bridgehead atoms. The van der Waals surface area contributed by atoms with Crippen molar-refractivity contribution in [2.24, 2.45) is 5.73 Å². The molecule has 3 amide bonds. The lowest BCUT2D eigenvalue weighted by Crippen LogP contribution is -2.41. The highest BCUT2D eigenvalue weighted by Crippen LogP contribution is 2.27. The minimum Gasteiger partial charge on any atom is -0.369 e. The summed E-state index contributed by atoms with van der Waals surface area (Å²) in [5.41, 5.74) is 5.95. The van der Waals surface area contributed by atoms with Gasteiger partial charge < -0.3 is 16.0 Å². The summed E-state index contributed by atoms with van der Waals surface area (Å²) < 4.78 is 0. The van der Waals surface area contributed by atoms with E-state index < -0.39 is 0 Å². The Morgan fingerprint density at radius 1 is 1.21 bits per heavy atom. The fourth-order valence-electron chi connectivity index (χ4n) is 3.43. The molecule has 0 aliphatic carbocycles. The predicted molar refractivity (Wildman–Crippen MR) is 96.2 cm³/mol. The van der Waals surface area contributed by atoms with Gasteiger partial charge in [-0.1, -0.05) is 12.1 Å². The molecule has 0 aromatic heterocycles. The number of nitrogens with two attached hydrogens (primary N) is 1. The number of thioether (sulfide) groups is 1. The fraction of sp³-hybridized carbons (Fsp3) is 0.529. The second-order valence-corrected chi connectivity index (χ2v) is 7.33. The minimum absolute atomic E-state index is 0.0594. The molecule has 130 valence electrons. The molecule has 1 aromatic carbocycles. The van der Waals surface area contributed by atoms with Crippen LogP contribution >= 0.6 is 11.8 Å². The molecule has 0 saturated carbocycles. The number of nitrogens with one attached hydrogen (secondary N) is 1. The van der Waals surface area contributed by atoms with Crippen molar-refractivity contribution in [1.29, 1.82) is 0 Å². The van der Waals surface area contributed by atoms with E-state index in [0.29, 0.717) is 6.04 Å². The first-order valence-corrected chi connectivity index (χ1v) is 9.42. The summed E-state index contributed by atoms with van der Waals surface area (Å²) in [7, 11) is 0. The van der Waals surface area contributed by atoms with E-state index in [-0.39, 0.29) is 17.7 Å². The Bertz CT molecular complexity index is 610. The normalized spacial score (nSPS) is 21.2. The summed E-state index contributed by atoms with van der Waals surface area (Å²) in [6.07, 6.45) is 3.42. The van der Waals surface area contributed by atoms with Crippen LogP contribution in [0.2, 0.25) is 0 Å². The molecule has 1 aromatic rings. The second-order valence-electron chi connectivity index (χ2n) is 6.31. The number of hydrogen-bond donors (Lipinski definition) is 2. The van der Waals surface area contributed by atoms with Crippen molar-refractivity contribution in [3.05, 3.63) is 24.3 Å². The minimum atomic E-state index is -0.366. The summed E-state index contributed by atoms with van der Waals surface area (Å²) in [5.74, 6) is -0.164. The van der Waals surface area contributed by atoms with Crippen molar-refractivity contribution >= 4 is 29.4 Å². The number of benzene rings is 1. The van der Waals surface area contributed by atoms with E-state index in [4.69, 9.17) is 5.73 Å². The molecule has 24 heavy (non-hydrogen) atoms. The van der Waals surface area contributed by atoms with Gasteiger partial charge in [0.25, 0.3) is 0 Å². The Morgan fingerprint density at radius 3 is 2.83 bits per heavy atom. The Labute approximate surface area is 146 Å². The van der Waals surface area contributed by atoms with E-state index in [0.717, 1.165) is 43.2 Å². The third-order valence-corrected chi connectivity index (χ3v) is 5.69. The SMILES string of the molecule is NC(=O)CSc1ccccc1NC(=O)N1CCCN2CCCC2C1. The van der Waals surface area contributed by atoms with Crippen LogP contribution < -0.4 is 11.1 Å². The van der Waals surface area contributed by atoms with Crippen LogP contribution in [0.15, 0.2) is 29.2 Å². The molecule has 1 unspecified atom stereocenters. The third kappa shape index (κ3) is 4.21. The van der Waals surface area contributed by atoms with Crippen molar-refractivity contribution in [2.75, 3.05) is 37.2 Å². The van der Waals surface area contributed by atoms with E-state index >= 15 is 0 Å². The number of fused-ring (bicyclic) bond motifs is 1. The van der Waals surface area contributed by atoms with Crippen molar-refractivity contribution in [2.45, 2.75) is 30.2 Å². The Hall–Kier alpha value is -1.73. The fourth-order valence-corrected chi connectivity index (χ4v) is 4.18. The molecule has 2 heterocycles. The molecule has 2 fully saturated rings. The van der Waals surface area contributed by atoms with Crippen LogP contribution in [0.5, 0.6) is 0 Å². The van der Waals surface area contributed by atoms with Gasteiger partial charge >= 0.3 is 6.03 Å². The van der Waals surface area contributed by atoms with Gasteiger partial charge in [-0.05, 0) is 37.9 Å². The lowest BCUT2D eigenvalue weighted by molar-refractivity contribution is -0.115. The number of anilines is 1. The lowest BCUT2D eigenvalue weighted by atomic mass is 10.2. The van der Waals surface area contributed by atoms with Crippen molar-refractivity contribution in [1.82, 2.24) is 9.80 Å². The zero-order valence-electron chi connectivity index (χ0n) is 13.7. The number of carbonyl (C=O) groups is 2. The first kappa shape index (κ1) is 17.1. The first-order chi connectivity index (χ1) is 11.6. The topological polar surface area (TPSA) is 78.7 Å². The number of para-hydroxylation sites is 1. The molecular formula is C17H24N4O2S. The summed E-state index contributed by atoms with van der Waals surface area (Å²) in [5, 5.41) is 3.01. The van der Waals surface area contributed by atoms with E-state index in [1.807, 2.05) is 29.2 Å². The Kier molecular flexibility index (Phi) is 5.63. The van der Waals surface area contributed by atoms with Crippen LogP contribution in [0, 0.1) is 0 Å². The number of carbonyl (C=O) groups excluding carboxylic acids is 2. The molecule has 7 heteroatoms. The van der Waals surface area contributed by atoms with Gasteiger partial charge in [-0.2, -0.15) is 0 Å². The van der Waals surface area contributed by atoms with Gasteiger partial charge in [0.2, 0.25) is 5.91 Å². The van der Waals surface area contributed by atoms with Crippen molar-refractivity contribution < 1.29 is 9.59 Å². The monoisotopic (exact) mass is 348 g/mol. The van der Waals surface area contributed by atoms with Gasteiger partial charge in [0.1, 0.15) is 0 Å². The maximum atomic E-state index is 12.7. The summed E-state index contributed by atoms with van der Waals surface area (Å²) in [4.78, 5) is 29.0. The molecular weight excluding hydrogens is 324 g/mol. The van der Waals surface area contributed by atoms with E-state index in [2.05, 4.69) is 10.2 Å². The highest BCUT2D eigenvalue weighted by molar-refractivity contribution is 8.00. The molecule has 2 saturated heterocycles. The zero-order valence-corrected chi connectivity index (χ0v) is 14.6. The Morgan fingerprint density at radius 2 is 2.00 bits per heavy atom. The molecule has 2 aliphatic rings. The largest absolute Gasteiger partial charge is 0.369 e. The van der Waals surface area contributed by atoms with Gasteiger partial charge in [0.05, 0.1) is 11.4 Å². The van der Waals surface area contributed by atoms with Crippen LogP contribution in [-0.4, -0.2) is 59.7 Å². The average molecular weight is 348 g/mol. The van der Waals surface area contributed by atoms with Gasteiger partial charge in [-0.3, -0.25) is 9.69 Å². The van der Waals surface area contributed by atoms with Crippen LogP contribution in [0.25, 0.3) is 0 Å². The van der Waals surface area contributed by atoms with E-state index in [9.17, 15) is 9.59 Å². The molecule has 6 nitrogen and oxygen atoms in total. The van der Waals surface area contributed by atoms with E-state index in [1.165, 1.54) is 24.6 Å². The van der Waals surface area contributed by atoms with Crippen LogP contribution in [0.1, 0.15) is 19.3 Å². The summed E-state index contributed by atoms with van der Waals surface area (Å²) in [6.45, 7) is 3.82. The van der Waals surface area contributed by atoms with Gasteiger partial charge in [0, 0.05) is 30.6 Å². The van der Waals surface area contributed by atoms with Gasteiger partial charge in [-0.15, -0.1) is 11.8 Å². The lowest BCUT2D eigenvalue weighted by Gasteiger charge is -2.26. The van der Waals surface area contributed by atoms with Gasteiger partial charge in [0.15, 0.2) is 0 Å². The highest BCUT2D eigenvalue weighted by atomic mass is 32.2. The van der Waals surface area contributed by atoms with Crippen molar-refractivity contribution in [3.63, 3.8) is 0 Å². The molecule has 3 rings (SSSR count). The quantitative estimate of drug-likeness (QED) is 0.816. The van der Waals surface area contributed by atoms with Gasteiger partial charge in [-0.25, -0.2) is 4.79 Å². The maximum Gasteiger partial charge on any atom is 0.321 e. The van der Waals surface area contributed by atoms with E-state index in [1.54, 1.807) is 0 Å². The highest BCUT2D eigenvalue weighted by Gasteiger charge is 2.30. The number of amides is 3. The number of hydrogen-bond acceptors (Lipinski definition) is 4. The standard InChI is InChI=1S/C17H24N4O2S/c18-16(22)12-24-15-7-2-1-6-14(15)19-17(23)21-10-4-9-20-8-3-5-13(20)11-21/h1-2,6-7,13H,3-5,8-12H2,(H2,18,22)(H,19,23). The van der Waals surface area contributed by atoms with Crippen LogP contribution in [0.4, 0.5) is 10.5 Å². The molecule has 1 atom stereocenters. The van der Waals surface area contributed by atoms with Crippen molar-refractivity contribution in [3.8, 4) is 0 Å². The number of rotatable bonds is 4. The number of nitrogens with zero attached hydrogens (tertiary/aromatic N) is 2. The van der Waals surface area contributed by atoms with Crippen LogP contribution in [0.3, 0.4) is 0 Å². The average Bonchev–Trinajstić information content (AvgIpc) is 2.90. The molecule has 0 radical (unpaired) electrons. The van der Waals surface area contributed by atoms with Crippen LogP contribution in [-0.2, 0) is 4.79 Å². The Balaban J connectivity index is 1.64. The smallest absolute Gasteiger partial charge is 0.321 e.